The molecule has 0 aromatic rings. The molecule has 0 aliphatic heterocycles. The summed E-state index contributed by atoms with van der Waals surface area (Å²) >= 11 is 0. The van der Waals surface area contributed by atoms with Gasteiger partial charge in [-0.15, -0.1) is 0 Å². The molecule has 0 aromatic heterocycles. The first-order valence-corrected chi connectivity index (χ1v) is 5.16. The van der Waals surface area contributed by atoms with E-state index < -0.39 is 0 Å². The van der Waals surface area contributed by atoms with Crippen LogP contribution in [0.15, 0.2) is 12.8 Å². The lowest BCUT2D eigenvalue weighted by atomic mass is 10.6. The van der Waals surface area contributed by atoms with Crippen molar-refractivity contribution in [1.29, 1.82) is 0 Å². The maximum Gasteiger partial charge on any atom is -0.0136 e. The molecule has 0 aliphatic carbocycles. The first-order chi connectivity index (χ1) is 5.83. The van der Waals surface area contributed by atoms with E-state index in [2.05, 4.69) is 26.2 Å². The topological polar surface area (TPSA) is 26.0 Å². The molecule has 0 saturated carbocycles. The van der Waals surface area contributed by atoms with Crippen molar-refractivity contribution in [3.05, 3.63) is 12.8 Å². The predicted molar refractivity (Wildman–Crippen MR) is 64.4 cm³/mol. The highest BCUT2D eigenvalue weighted by molar-refractivity contribution is 4.48. The van der Waals surface area contributed by atoms with Crippen LogP contribution in [0, 0.1) is 0 Å². The van der Waals surface area contributed by atoms with Gasteiger partial charge in [0.2, 0.25) is 0 Å². The molecule has 0 bridgehead atoms. The Bertz CT molecular complexity index is 19.0. The minimum absolute atomic E-state index is 1.25. The van der Waals surface area contributed by atoms with Crippen molar-refractivity contribution >= 4 is 0 Å². The molecule has 80 valence electrons. The van der Waals surface area contributed by atoms with Gasteiger partial charge in [0.15, 0.2) is 0 Å². The molecule has 0 amide bonds. The van der Waals surface area contributed by atoms with Crippen molar-refractivity contribution in [1.82, 2.24) is 0 Å². The molecular formula is C11H31N. The van der Waals surface area contributed by atoms with E-state index in [1.54, 1.807) is 0 Å². The fourth-order valence-corrected chi connectivity index (χ4v) is 0. The summed E-state index contributed by atoms with van der Waals surface area (Å²) in [5, 5.41) is 0. The van der Waals surface area contributed by atoms with E-state index in [-0.39, 0.29) is 0 Å². The van der Waals surface area contributed by atoms with Crippen molar-refractivity contribution in [2.75, 3.05) is 0 Å². The summed E-state index contributed by atoms with van der Waals surface area (Å²) in [6.07, 6.45) is 2.50. The van der Waals surface area contributed by atoms with E-state index in [1.165, 1.54) is 12.6 Å². The third kappa shape index (κ3) is 3290. The zero-order valence-corrected chi connectivity index (χ0v) is 10.6. The van der Waals surface area contributed by atoms with Crippen molar-refractivity contribution < 1.29 is 0 Å². The summed E-state index contributed by atoms with van der Waals surface area (Å²) in [5.41, 5.74) is 4.61. The van der Waals surface area contributed by atoms with Gasteiger partial charge in [0.1, 0.15) is 0 Å². The van der Waals surface area contributed by atoms with Crippen LogP contribution in [0.2, 0.25) is 0 Å². The predicted octanol–water partition coefficient (Wildman–Crippen LogP) is 4.58. The quantitative estimate of drug-likeness (QED) is 0.575. The summed E-state index contributed by atoms with van der Waals surface area (Å²) in [6.45, 7) is 19.4. The Morgan fingerprint density at radius 1 is 0.917 bits per heavy atom. The molecule has 1 nitrogen and oxygen atoms in total. The molecular weight excluding hydrogens is 146 g/mol. The highest BCUT2D eigenvalue weighted by atomic mass is 14.5. The van der Waals surface area contributed by atoms with Crippen LogP contribution in [0.3, 0.4) is 0 Å². The Hall–Kier alpha value is -0.460. The van der Waals surface area contributed by atoms with Crippen LogP contribution in [-0.2, 0) is 0 Å². The molecule has 0 aromatic carbocycles. The highest BCUT2D eigenvalue weighted by Gasteiger charge is 1.35. The molecule has 1 heteroatoms. The molecule has 2 N–H and O–H groups in total. The molecule has 0 aliphatic rings. The van der Waals surface area contributed by atoms with Gasteiger partial charge in [-0.25, -0.2) is 0 Å². The van der Waals surface area contributed by atoms with Gasteiger partial charge in [0.05, 0.1) is 0 Å². The Morgan fingerprint density at radius 2 is 0.917 bits per heavy atom. The van der Waals surface area contributed by atoms with Crippen molar-refractivity contribution in [2.24, 2.45) is 5.73 Å². The monoisotopic (exact) mass is 177 g/mol. The SMILES string of the molecule is C=CN.CC.CC.CC.CCC. The number of rotatable bonds is 0. The lowest BCUT2D eigenvalue weighted by Crippen LogP contribution is -1.67. The fraction of sp³-hybridized carbons (Fsp3) is 0.818. The van der Waals surface area contributed by atoms with Crippen LogP contribution in [0.4, 0.5) is 0 Å². The van der Waals surface area contributed by atoms with Gasteiger partial charge < -0.3 is 5.73 Å². The molecule has 0 radical (unpaired) electrons. The highest BCUT2D eigenvalue weighted by Crippen LogP contribution is 1.56. The lowest BCUT2D eigenvalue weighted by molar-refractivity contribution is 1.09. The van der Waals surface area contributed by atoms with Crippen LogP contribution < -0.4 is 5.73 Å². The summed E-state index contributed by atoms with van der Waals surface area (Å²) in [7, 11) is 0. The average Bonchev–Trinajstić information content (AvgIpc) is 2.16. The maximum atomic E-state index is 4.61. The molecule has 12 heavy (non-hydrogen) atoms. The molecule has 0 fully saturated rings. The maximum absolute atomic E-state index is 4.61. The van der Waals surface area contributed by atoms with Crippen LogP contribution >= 0.6 is 0 Å². The minimum Gasteiger partial charge on any atom is -0.405 e. The van der Waals surface area contributed by atoms with E-state index >= 15 is 0 Å². The van der Waals surface area contributed by atoms with Gasteiger partial charge in [-0.1, -0.05) is 68.4 Å². The molecule has 0 spiro atoms. The van der Waals surface area contributed by atoms with Gasteiger partial charge in [-0.05, 0) is 6.20 Å². The second kappa shape index (κ2) is 404. The molecule has 0 saturated heterocycles. The standard InChI is InChI=1S/C3H8.C2H5N.3C2H6/c1-3-2;1-2-3;3*1-2/h3H2,1-2H3;2H,1,3H2;3*1-2H3. The first-order valence-electron chi connectivity index (χ1n) is 5.16. The second-order valence-electron chi connectivity index (χ2n) is 0.943. The van der Waals surface area contributed by atoms with Gasteiger partial charge in [-0.2, -0.15) is 0 Å². The van der Waals surface area contributed by atoms with Crippen LogP contribution in [0.1, 0.15) is 61.8 Å². The number of nitrogens with two attached hydrogens (primary N) is 1. The van der Waals surface area contributed by atoms with E-state index in [1.807, 2.05) is 41.5 Å². The molecule has 0 rings (SSSR count). The van der Waals surface area contributed by atoms with Gasteiger partial charge in [-0.3, -0.25) is 0 Å². The summed E-state index contributed by atoms with van der Waals surface area (Å²) in [4.78, 5) is 0. The number of hydrogen-bond acceptors (Lipinski definition) is 1. The summed E-state index contributed by atoms with van der Waals surface area (Å²) in [5.74, 6) is 0. The average molecular weight is 177 g/mol. The Labute approximate surface area is 81.1 Å². The fourth-order valence-electron chi connectivity index (χ4n) is 0. The Kier molecular flexibility index (Phi) is 1010. The summed E-state index contributed by atoms with van der Waals surface area (Å²) < 4.78 is 0. The van der Waals surface area contributed by atoms with Crippen molar-refractivity contribution in [2.45, 2.75) is 61.8 Å². The molecule has 0 atom stereocenters. The van der Waals surface area contributed by atoms with Crippen LogP contribution in [0.5, 0.6) is 0 Å². The Morgan fingerprint density at radius 3 is 0.917 bits per heavy atom. The van der Waals surface area contributed by atoms with E-state index in [4.69, 9.17) is 0 Å². The lowest BCUT2D eigenvalue weighted by Gasteiger charge is -1.48. The normalized spacial score (nSPS) is 4.00. The van der Waals surface area contributed by atoms with E-state index in [9.17, 15) is 0 Å². The zero-order valence-electron chi connectivity index (χ0n) is 10.6. The van der Waals surface area contributed by atoms with Crippen LogP contribution in [0.25, 0.3) is 0 Å². The van der Waals surface area contributed by atoms with Gasteiger partial charge >= 0.3 is 0 Å². The molecule has 0 heterocycles. The summed E-state index contributed by atoms with van der Waals surface area (Å²) in [6, 6.07) is 0. The Balaban J connectivity index is -0.0000000174. The first kappa shape index (κ1) is 30.0. The largest absolute Gasteiger partial charge is 0.405 e. The molecule has 0 unspecified atom stereocenters. The third-order valence-corrected chi connectivity index (χ3v) is 0. The van der Waals surface area contributed by atoms with Crippen molar-refractivity contribution in [3.63, 3.8) is 0 Å². The second-order valence-corrected chi connectivity index (χ2v) is 0.943. The van der Waals surface area contributed by atoms with E-state index in [0.717, 1.165) is 0 Å². The van der Waals surface area contributed by atoms with Crippen molar-refractivity contribution in [3.8, 4) is 0 Å². The zero-order chi connectivity index (χ0) is 11.4. The van der Waals surface area contributed by atoms with E-state index in [0.29, 0.717) is 0 Å². The smallest absolute Gasteiger partial charge is 0.0136 e. The minimum atomic E-state index is 1.25. The van der Waals surface area contributed by atoms with Gasteiger partial charge in [0.25, 0.3) is 0 Å². The van der Waals surface area contributed by atoms with Crippen LogP contribution in [-0.4, -0.2) is 0 Å². The van der Waals surface area contributed by atoms with Gasteiger partial charge in [0, 0.05) is 0 Å². The number of hydrogen-bond donors (Lipinski definition) is 1. The third-order valence-electron chi connectivity index (χ3n) is 0.